The Bertz CT molecular complexity index is 418. The number of anilines is 1. The van der Waals surface area contributed by atoms with E-state index >= 15 is 0 Å². The minimum atomic E-state index is 0.0600. The third-order valence-corrected chi connectivity index (χ3v) is 2.40. The average molecular weight is 245 g/mol. The summed E-state index contributed by atoms with van der Waals surface area (Å²) < 4.78 is 0. The Hall–Kier alpha value is -2.02. The molecule has 0 spiro atoms. The fraction of sp³-hybridized carbons (Fsp3) is 0.429. The normalized spacial score (nSPS) is 9.89. The number of rotatable bonds is 6. The second-order valence-corrected chi connectivity index (χ2v) is 4.56. The van der Waals surface area contributed by atoms with Crippen molar-refractivity contribution in [3.8, 4) is 6.07 Å². The molecule has 1 rings (SSSR count). The largest absolute Gasteiger partial charge is 0.385 e. The van der Waals surface area contributed by atoms with E-state index in [4.69, 9.17) is 5.26 Å². The molecule has 4 nitrogen and oxygen atoms in total. The molecule has 0 fully saturated rings. The van der Waals surface area contributed by atoms with Crippen LogP contribution in [0.25, 0.3) is 0 Å². The minimum absolute atomic E-state index is 0.0600. The van der Waals surface area contributed by atoms with Crippen LogP contribution in [-0.2, 0) is 4.79 Å². The van der Waals surface area contributed by atoms with Gasteiger partial charge in [-0.1, -0.05) is 13.8 Å². The number of carbonyl (C=O) groups excluding carboxylic acids is 1. The van der Waals surface area contributed by atoms with Crippen LogP contribution < -0.4 is 10.6 Å². The van der Waals surface area contributed by atoms with Crippen molar-refractivity contribution in [3.63, 3.8) is 0 Å². The molecule has 0 atom stereocenters. The lowest BCUT2D eigenvalue weighted by molar-refractivity contribution is -0.120. The second-order valence-electron chi connectivity index (χ2n) is 4.56. The Morgan fingerprint density at radius 2 is 2.00 bits per heavy atom. The summed E-state index contributed by atoms with van der Waals surface area (Å²) in [5.74, 6) is 0.533. The summed E-state index contributed by atoms with van der Waals surface area (Å²) in [7, 11) is 0. The van der Waals surface area contributed by atoms with Crippen LogP contribution in [-0.4, -0.2) is 19.0 Å². The number of hydrogen-bond acceptors (Lipinski definition) is 3. The number of hydrogen-bond donors (Lipinski definition) is 2. The Morgan fingerprint density at radius 3 is 2.56 bits per heavy atom. The summed E-state index contributed by atoms with van der Waals surface area (Å²) in [6.07, 6.45) is 0.451. The molecular formula is C14H19N3O. The highest BCUT2D eigenvalue weighted by atomic mass is 16.1. The number of nitrogens with zero attached hydrogens (tertiary/aromatic N) is 1. The Balaban J connectivity index is 2.24. The zero-order chi connectivity index (χ0) is 13.4. The first kappa shape index (κ1) is 14.0. The first-order valence-corrected chi connectivity index (χ1v) is 6.12. The molecule has 1 amide bonds. The van der Waals surface area contributed by atoms with E-state index in [0.29, 0.717) is 24.4 Å². The second kappa shape index (κ2) is 7.33. The Labute approximate surface area is 108 Å². The van der Waals surface area contributed by atoms with Crippen LogP contribution in [0, 0.1) is 17.2 Å². The molecule has 0 aliphatic heterocycles. The van der Waals surface area contributed by atoms with Gasteiger partial charge in [0.1, 0.15) is 0 Å². The van der Waals surface area contributed by atoms with Crippen LogP contribution in [0.5, 0.6) is 0 Å². The monoisotopic (exact) mass is 245 g/mol. The maximum atomic E-state index is 11.4. The van der Waals surface area contributed by atoms with Gasteiger partial charge in [0.25, 0.3) is 0 Å². The van der Waals surface area contributed by atoms with E-state index in [9.17, 15) is 4.79 Å². The molecule has 0 bridgehead atoms. The standard InChI is InChI=1S/C14H19N3O/c1-11(2)10-17-14(18)7-8-16-13-5-3-12(9-15)4-6-13/h3-6,11,16H,7-8,10H2,1-2H3,(H,17,18). The molecule has 2 N–H and O–H groups in total. The molecule has 1 aromatic rings. The van der Waals surface area contributed by atoms with Crippen LogP contribution in [0.2, 0.25) is 0 Å². The van der Waals surface area contributed by atoms with Gasteiger partial charge in [0.15, 0.2) is 0 Å². The average Bonchev–Trinajstić information content (AvgIpc) is 2.37. The van der Waals surface area contributed by atoms with E-state index in [-0.39, 0.29) is 5.91 Å². The lowest BCUT2D eigenvalue weighted by atomic mass is 10.2. The van der Waals surface area contributed by atoms with Gasteiger partial charge in [0, 0.05) is 25.2 Å². The fourth-order valence-electron chi connectivity index (χ4n) is 1.39. The first-order valence-electron chi connectivity index (χ1n) is 6.12. The number of amides is 1. The number of nitrogens with one attached hydrogen (secondary N) is 2. The molecule has 4 heteroatoms. The summed E-state index contributed by atoms with van der Waals surface area (Å²) in [6.45, 7) is 5.44. The van der Waals surface area contributed by atoms with Gasteiger partial charge in [0.05, 0.1) is 11.6 Å². The quantitative estimate of drug-likeness (QED) is 0.807. The molecule has 18 heavy (non-hydrogen) atoms. The third-order valence-electron chi connectivity index (χ3n) is 2.40. The van der Waals surface area contributed by atoms with E-state index < -0.39 is 0 Å². The molecule has 0 aromatic heterocycles. The van der Waals surface area contributed by atoms with Gasteiger partial charge < -0.3 is 10.6 Å². The van der Waals surface area contributed by atoms with Gasteiger partial charge in [-0.15, -0.1) is 0 Å². The van der Waals surface area contributed by atoms with Gasteiger partial charge >= 0.3 is 0 Å². The third kappa shape index (κ3) is 5.35. The van der Waals surface area contributed by atoms with E-state index in [1.807, 2.05) is 12.1 Å². The molecule has 96 valence electrons. The predicted molar refractivity (Wildman–Crippen MR) is 72.1 cm³/mol. The van der Waals surface area contributed by atoms with Gasteiger partial charge in [-0.05, 0) is 30.2 Å². The topological polar surface area (TPSA) is 64.9 Å². The highest BCUT2D eigenvalue weighted by Crippen LogP contribution is 2.08. The molecule has 0 saturated carbocycles. The van der Waals surface area contributed by atoms with Crippen LogP contribution >= 0.6 is 0 Å². The summed E-state index contributed by atoms with van der Waals surface area (Å²) in [5, 5.41) is 14.7. The van der Waals surface area contributed by atoms with E-state index in [2.05, 4.69) is 30.6 Å². The number of carbonyl (C=O) groups is 1. The van der Waals surface area contributed by atoms with Crippen LogP contribution in [0.4, 0.5) is 5.69 Å². The highest BCUT2D eigenvalue weighted by molar-refractivity contribution is 5.76. The van der Waals surface area contributed by atoms with Gasteiger partial charge in [-0.25, -0.2) is 0 Å². The van der Waals surface area contributed by atoms with Crippen molar-refractivity contribution in [3.05, 3.63) is 29.8 Å². The van der Waals surface area contributed by atoms with Crippen molar-refractivity contribution in [1.82, 2.24) is 5.32 Å². The number of nitriles is 1. The first-order chi connectivity index (χ1) is 8.61. The van der Waals surface area contributed by atoms with Crippen molar-refractivity contribution in [2.45, 2.75) is 20.3 Å². The summed E-state index contributed by atoms with van der Waals surface area (Å²) in [6, 6.07) is 9.24. The van der Waals surface area contributed by atoms with Gasteiger partial charge in [-0.2, -0.15) is 5.26 Å². The fourth-order valence-corrected chi connectivity index (χ4v) is 1.39. The molecule has 0 radical (unpaired) electrons. The summed E-state index contributed by atoms with van der Waals surface area (Å²) >= 11 is 0. The Kier molecular flexibility index (Phi) is 5.72. The van der Waals surface area contributed by atoms with Crippen molar-refractivity contribution >= 4 is 11.6 Å². The maximum Gasteiger partial charge on any atom is 0.221 e. The SMILES string of the molecule is CC(C)CNC(=O)CCNc1ccc(C#N)cc1. The minimum Gasteiger partial charge on any atom is -0.385 e. The lowest BCUT2D eigenvalue weighted by Crippen LogP contribution is -2.28. The van der Waals surface area contributed by atoms with Gasteiger partial charge in [0.2, 0.25) is 5.91 Å². The molecule has 0 aliphatic rings. The van der Waals surface area contributed by atoms with E-state index in [1.54, 1.807) is 12.1 Å². The Morgan fingerprint density at radius 1 is 1.33 bits per heavy atom. The van der Waals surface area contributed by atoms with Crippen LogP contribution in [0.3, 0.4) is 0 Å². The maximum absolute atomic E-state index is 11.4. The molecule has 0 heterocycles. The van der Waals surface area contributed by atoms with E-state index in [0.717, 1.165) is 12.2 Å². The molecular weight excluding hydrogens is 226 g/mol. The smallest absolute Gasteiger partial charge is 0.221 e. The zero-order valence-corrected chi connectivity index (χ0v) is 10.9. The van der Waals surface area contributed by atoms with Crippen LogP contribution in [0.1, 0.15) is 25.8 Å². The zero-order valence-electron chi connectivity index (χ0n) is 10.9. The highest BCUT2D eigenvalue weighted by Gasteiger charge is 2.01. The molecule has 0 unspecified atom stereocenters. The van der Waals surface area contributed by atoms with Crippen molar-refractivity contribution in [1.29, 1.82) is 5.26 Å². The predicted octanol–water partition coefficient (Wildman–Crippen LogP) is 2.13. The van der Waals surface area contributed by atoms with Gasteiger partial charge in [-0.3, -0.25) is 4.79 Å². The van der Waals surface area contributed by atoms with Crippen molar-refractivity contribution in [2.75, 3.05) is 18.4 Å². The summed E-state index contributed by atoms with van der Waals surface area (Å²) in [4.78, 5) is 11.4. The van der Waals surface area contributed by atoms with Crippen LogP contribution in [0.15, 0.2) is 24.3 Å². The molecule has 1 aromatic carbocycles. The van der Waals surface area contributed by atoms with E-state index in [1.165, 1.54) is 0 Å². The van der Waals surface area contributed by atoms with Crippen molar-refractivity contribution < 1.29 is 4.79 Å². The number of benzene rings is 1. The lowest BCUT2D eigenvalue weighted by Gasteiger charge is -2.09. The van der Waals surface area contributed by atoms with Crippen molar-refractivity contribution in [2.24, 2.45) is 5.92 Å². The molecule has 0 saturated heterocycles. The summed E-state index contributed by atoms with van der Waals surface area (Å²) in [5.41, 5.74) is 1.56. The molecule has 0 aliphatic carbocycles.